The number of pyridine rings is 1. The number of nitrogens with zero attached hydrogens (tertiary/aromatic N) is 1. The second-order valence-corrected chi connectivity index (χ2v) is 7.01. The summed E-state index contributed by atoms with van der Waals surface area (Å²) in [6, 6.07) is 3.32. The molecule has 0 saturated heterocycles. The van der Waals surface area contributed by atoms with E-state index in [1.807, 2.05) is 13.0 Å². The van der Waals surface area contributed by atoms with Crippen LogP contribution in [0, 0.1) is 18.3 Å². The molecule has 0 spiro atoms. The van der Waals surface area contributed by atoms with Crippen molar-refractivity contribution in [2.24, 2.45) is 17.1 Å². The fraction of sp³-hybridized carbons (Fsp3) is 0.647. The minimum Gasteiger partial charge on any atom is -0.652 e. The Hall–Kier alpha value is 1.21. The van der Waals surface area contributed by atoms with Gasteiger partial charge in [0.25, 0.3) is 5.56 Å². The molecular formula is C17H30K2N2O6. The molecule has 1 aromatic heterocycles. The number of rotatable bonds is 4. The maximum absolute atomic E-state index is 11.4. The third kappa shape index (κ3) is 23.4. The second-order valence-electron chi connectivity index (χ2n) is 7.01. The Kier molecular flexibility index (Phi) is 25.3. The fourth-order valence-corrected chi connectivity index (χ4v) is 2.38. The van der Waals surface area contributed by atoms with E-state index < -0.39 is 6.16 Å². The molecule has 0 amide bonds. The molecule has 27 heavy (non-hydrogen) atoms. The van der Waals surface area contributed by atoms with Crippen molar-refractivity contribution in [3.05, 3.63) is 33.7 Å². The van der Waals surface area contributed by atoms with E-state index in [-0.39, 0.29) is 120 Å². The van der Waals surface area contributed by atoms with Gasteiger partial charge in [-0.2, -0.15) is 4.73 Å². The van der Waals surface area contributed by atoms with E-state index in [1.165, 1.54) is 6.07 Å². The Balaban J connectivity index is -0.000000225. The molecule has 0 radical (unpaired) electrons. The van der Waals surface area contributed by atoms with E-state index in [0.717, 1.165) is 23.1 Å². The van der Waals surface area contributed by atoms with E-state index in [1.54, 1.807) is 0 Å². The third-order valence-corrected chi connectivity index (χ3v) is 2.87. The average Bonchev–Trinajstić information content (AvgIpc) is 2.41. The third-order valence-electron chi connectivity index (χ3n) is 2.87. The van der Waals surface area contributed by atoms with Gasteiger partial charge in [0.15, 0.2) is 0 Å². The van der Waals surface area contributed by atoms with Gasteiger partial charge in [-0.15, -0.1) is 0 Å². The molecule has 1 heterocycles. The normalized spacial score (nSPS) is 10.6. The molecule has 1 aromatic rings. The first-order chi connectivity index (χ1) is 11.3. The first-order valence-electron chi connectivity index (χ1n) is 7.94. The molecule has 0 aliphatic heterocycles. The number of aliphatic hydroxyl groups is 1. The number of hydrogen-bond donors (Lipinski definition) is 3. The zero-order chi connectivity index (χ0) is 20.2. The molecule has 146 valence electrons. The van der Waals surface area contributed by atoms with Crippen LogP contribution in [0.1, 0.15) is 45.4 Å². The number of carboxylic acid groups (broad SMARTS) is 2. The average molecular weight is 437 g/mol. The number of nitrogens with two attached hydrogens (primary N) is 1. The van der Waals surface area contributed by atoms with Gasteiger partial charge in [0, 0.05) is 12.6 Å². The van der Waals surface area contributed by atoms with Crippen LogP contribution in [0.25, 0.3) is 0 Å². The van der Waals surface area contributed by atoms with Gasteiger partial charge in [-0.05, 0) is 48.9 Å². The van der Waals surface area contributed by atoms with Crippen molar-refractivity contribution >= 4 is 6.16 Å². The zero-order valence-corrected chi connectivity index (χ0v) is 23.9. The summed E-state index contributed by atoms with van der Waals surface area (Å²) in [5, 5.41) is 34.1. The first-order valence-corrected chi connectivity index (χ1v) is 7.94. The molecule has 4 N–H and O–H groups in total. The summed E-state index contributed by atoms with van der Waals surface area (Å²) in [6.07, 6.45) is -0.542. The number of carbonyl (C=O) groups is 1. The van der Waals surface area contributed by atoms with Gasteiger partial charge < -0.3 is 31.1 Å². The number of hydrogen-bond acceptors (Lipinski definition) is 7. The van der Waals surface area contributed by atoms with Crippen molar-refractivity contribution < 1.29 is 128 Å². The first kappa shape index (κ1) is 35.6. The molecule has 0 saturated carbocycles. The summed E-state index contributed by atoms with van der Waals surface area (Å²) < 4.78 is 0.770. The smallest absolute Gasteiger partial charge is 0.652 e. The predicted octanol–water partition coefficient (Wildman–Crippen LogP) is -6.49. The van der Waals surface area contributed by atoms with Crippen LogP contribution in [0.2, 0.25) is 0 Å². The largest absolute Gasteiger partial charge is 1.00 e. The Labute approximate surface area is 246 Å². The van der Waals surface area contributed by atoms with Gasteiger partial charge in [-0.1, -0.05) is 27.7 Å². The number of aromatic nitrogens is 1. The molecule has 1 atom stereocenters. The van der Waals surface area contributed by atoms with Crippen molar-refractivity contribution in [1.82, 2.24) is 4.73 Å². The van der Waals surface area contributed by atoms with Crippen LogP contribution >= 0.6 is 0 Å². The summed E-state index contributed by atoms with van der Waals surface area (Å²) in [5.74, 6) is 0.439. The van der Waals surface area contributed by atoms with E-state index in [9.17, 15) is 10.0 Å². The Bertz CT molecular complexity index is 568. The summed E-state index contributed by atoms with van der Waals surface area (Å²) in [6.45, 7) is 11.1. The molecular weight excluding hydrogens is 406 g/mol. The molecule has 1 rings (SSSR count). The maximum Gasteiger partial charge on any atom is 1.00 e. The van der Waals surface area contributed by atoms with Gasteiger partial charge >= 0.3 is 103 Å². The molecule has 0 aliphatic carbocycles. The van der Waals surface area contributed by atoms with Crippen LogP contribution in [-0.2, 0) is 6.42 Å². The fourth-order valence-electron chi connectivity index (χ4n) is 2.38. The van der Waals surface area contributed by atoms with Gasteiger partial charge in [0.2, 0.25) is 0 Å². The van der Waals surface area contributed by atoms with E-state index in [2.05, 4.69) is 27.7 Å². The minimum atomic E-state index is -2.33. The topological polar surface area (TPSA) is 152 Å². The van der Waals surface area contributed by atoms with E-state index in [4.69, 9.17) is 25.8 Å². The van der Waals surface area contributed by atoms with Crippen LogP contribution in [-0.4, -0.2) is 34.4 Å². The van der Waals surface area contributed by atoms with Crippen molar-refractivity contribution in [2.45, 2.75) is 47.5 Å². The van der Waals surface area contributed by atoms with Crippen LogP contribution in [0.5, 0.6) is 0 Å². The molecule has 8 nitrogen and oxygen atoms in total. The van der Waals surface area contributed by atoms with Crippen LogP contribution < -0.4 is 124 Å². The second kappa shape index (κ2) is 19.2. The van der Waals surface area contributed by atoms with E-state index in [0.29, 0.717) is 18.2 Å². The van der Waals surface area contributed by atoms with Crippen LogP contribution in [0.15, 0.2) is 16.9 Å². The molecule has 0 aliphatic rings. The van der Waals surface area contributed by atoms with Gasteiger partial charge in [-0.25, -0.2) is 0 Å². The maximum atomic E-state index is 11.4. The monoisotopic (exact) mass is 436 g/mol. The van der Waals surface area contributed by atoms with E-state index >= 15 is 0 Å². The van der Waals surface area contributed by atoms with Gasteiger partial charge in [-0.3, -0.25) is 4.79 Å². The van der Waals surface area contributed by atoms with Crippen molar-refractivity contribution in [3.63, 3.8) is 0 Å². The predicted molar refractivity (Wildman–Crippen MR) is 91.1 cm³/mol. The number of aryl methyl sites for hydroxylation is 1. The quantitative estimate of drug-likeness (QED) is 0.313. The Morgan fingerprint density at radius 1 is 1.26 bits per heavy atom. The van der Waals surface area contributed by atoms with Crippen molar-refractivity contribution in [1.29, 1.82) is 0 Å². The molecule has 0 fully saturated rings. The summed E-state index contributed by atoms with van der Waals surface area (Å²) in [5.41, 5.74) is 6.30. The van der Waals surface area contributed by atoms with Crippen molar-refractivity contribution in [2.75, 3.05) is 13.2 Å². The van der Waals surface area contributed by atoms with Gasteiger partial charge in [0.1, 0.15) is 0 Å². The SMILES string of the molecule is Cc1cc(CC(C)CC(C)(C)C)n(O)c(=O)c1.NCCO.O=C([O-])[O-].[K+].[K+]. The van der Waals surface area contributed by atoms with Crippen LogP contribution in [0.4, 0.5) is 4.79 Å². The molecule has 0 bridgehead atoms. The number of carbonyl (C=O) groups excluding carboxylic acids is 1. The van der Waals surface area contributed by atoms with Crippen LogP contribution in [0.3, 0.4) is 0 Å². The zero-order valence-electron chi connectivity index (χ0n) is 17.6. The number of aliphatic hydroxyl groups excluding tert-OH is 1. The Morgan fingerprint density at radius 3 is 2.00 bits per heavy atom. The summed E-state index contributed by atoms with van der Waals surface area (Å²) in [4.78, 5) is 19.8. The molecule has 0 aromatic carbocycles. The van der Waals surface area contributed by atoms with Gasteiger partial charge in [0.05, 0.1) is 12.3 Å². The Morgan fingerprint density at radius 2 is 1.67 bits per heavy atom. The van der Waals surface area contributed by atoms with Crippen molar-refractivity contribution in [3.8, 4) is 0 Å². The summed E-state index contributed by atoms with van der Waals surface area (Å²) >= 11 is 0. The summed E-state index contributed by atoms with van der Waals surface area (Å²) in [7, 11) is 0. The molecule has 1 unspecified atom stereocenters. The standard InChI is InChI=1S/C14H23NO2.C2H7NO.CH2O3.2K/c1-10-6-12(15(17)13(16)8-10)7-11(2)9-14(3,4)5;3-1-2-4;2-1(3)4;;/h6,8,11,17H,7,9H2,1-5H3;4H,1-3H2;(H2,2,3,4);;/q;;;2*+1/p-2. The molecule has 10 heteroatoms. The minimum absolute atomic E-state index is 0.